The molecule has 0 saturated carbocycles. The number of aromatic nitrogens is 1. The highest BCUT2D eigenvalue weighted by Crippen LogP contribution is 2.26. The van der Waals surface area contributed by atoms with Gasteiger partial charge in [-0.1, -0.05) is 23.2 Å². The second-order valence-corrected chi connectivity index (χ2v) is 6.75. The van der Waals surface area contributed by atoms with Crippen molar-refractivity contribution in [3.63, 3.8) is 0 Å². The Bertz CT molecular complexity index is 673. The highest BCUT2D eigenvalue weighted by molar-refractivity contribution is 7.15. The smallest absolute Gasteiger partial charge is 0.257 e. The van der Waals surface area contributed by atoms with Gasteiger partial charge in [-0.25, -0.2) is 4.98 Å². The summed E-state index contributed by atoms with van der Waals surface area (Å²) in [7, 11) is 0. The van der Waals surface area contributed by atoms with E-state index in [1.165, 1.54) is 16.2 Å². The maximum Gasteiger partial charge on any atom is 0.257 e. The van der Waals surface area contributed by atoms with Crippen LogP contribution in [0.4, 0.5) is 5.13 Å². The zero-order chi connectivity index (χ0) is 16.1. The second-order valence-electron chi connectivity index (χ2n) is 4.86. The third-order valence-corrected chi connectivity index (χ3v) is 5.02. The number of amides is 1. The maximum absolute atomic E-state index is 12.2. The number of carbonyl (C=O) groups is 1. The zero-order valence-corrected chi connectivity index (χ0v) is 14.5. The van der Waals surface area contributed by atoms with E-state index in [0.717, 1.165) is 25.0 Å². The lowest BCUT2D eigenvalue weighted by molar-refractivity contribution is 0.102. The molecule has 118 valence electrons. The molecular formula is C15H17Cl2N3OS. The van der Waals surface area contributed by atoms with Gasteiger partial charge in [-0.3, -0.25) is 10.1 Å². The third-order valence-electron chi connectivity index (χ3n) is 3.15. The topological polar surface area (TPSA) is 68.0 Å². The largest absolute Gasteiger partial charge is 0.330 e. The van der Waals surface area contributed by atoms with Crippen molar-refractivity contribution >= 4 is 45.6 Å². The van der Waals surface area contributed by atoms with Crippen LogP contribution in [-0.2, 0) is 6.42 Å². The SMILES string of the molecule is Cc1nc(NC(=O)c2ccc(Cl)c(Cl)c2)sc1CCCCN. The van der Waals surface area contributed by atoms with Crippen LogP contribution in [0.5, 0.6) is 0 Å². The lowest BCUT2D eigenvalue weighted by Gasteiger charge is -2.03. The average Bonchev–Trinajstić information content (AvgIpc) is 2.82. The molecule has 4 nitrogen and oxygen atoms in total. The maximum atomic E-state index is 12.2. The molecule has 2 aromatic rings. The fourth-order valence-corrected chi connectivity index (χ4v) is 3.25. The summed E-state index contributed by atoms with van der Waals surface area (Å²) < 4.78 is 0. The van der Waals surface area contributed by atoms with Crippen LogP contribution in [-0.4, -0.2) is 17.4 Å². The first-order valence-electron chi connectivity index (χ1n) is 6.94. The Morgan fingerprint density at radius 1 is 1.32 bits per heavy atom. The average molecular weight is 358 g/mol. The molecule has 1 aromatic heterocycles. The van der Waals surface area contributed by atoms with Crippen LogP contribution < -0.4 is 11.1 Å². The van der Waals surface area contributed by atoms with Gasteiger partial charge in [-0.15, -0.1) is 11.3 Å². The first-order valence-corrected chi connectivity index (χ1v) is 8.51. The van der Waals surface area contributed by atoms with Crippen LogP contribution in [0.3, 0.4) is 0 Å². The minimum atomic E-state index is -0.249. The fraction of sp³-hybridized carbons (Fsp3) is 0.333. The van der Waals surface area contributed by atoms with Crippen LogP contribution in [0.15, 0.2) is 18.2 Å². The molecule has 0 spiro atoms. The summed E-state index contributed by atoms with van der Waals surface area (Å²) in [6, 6.07) is 4.78. The molecule has 22 heavy (non-hydrogen) atoms. The Balaban J connectivity index is 2.05. The number of nitrogens with two attached hydrogens (primary N) is 1. The molecule has 0 saturated heterocycles. The summed E-state index contributed by atoms with van der Waals surface area (Å²) >= 11 is 13.3. The minimum Gasteiger partial charge on any atom is -0.330 e. The van der Waals surface area contributed by atoms with Crippen molar-refractivity contribution in [3.8, 4) is 0 Å². The molecule has 0 radical (unpaired) electrons. The Morgan fingerprint density at radius 3 is 2.77 bits per heavy atom. The second kappa shape index (κ2) is 7.92. The van der Waals surface area contributed by atoms with Crippen LogP contribution in [0.1, 0.15) is 33.8 Å². The summed E-state index contributed by atoms with van der Waals surface area (Å²) in [4.78, 5) is 17.8. The van der Waals surface area contributed by atoms with Crippen LogP contribution in [0.25, 0.3) is 0 Å². The van der Waals surface area contributed by atoms with E-state index in [0.29, 0.717) is 27.3 Å². The van der Waals surface area contributed by atoms with E-state index in [2.05, 4.69) is 10.3 Å². The normalized spacial score (nSPS) is 10.7. The molecule has 3 N–H and O–H groups in total. The van der Waals surface area contributed by atoms with E-state index in [9.17, 15) is 4.79 Å². The van der Waals surface area contributed by atoms with Gasteiger partial charge in [0.2, 0.25) is 0 Å². The van der Waals surface area contributed by atoms with E-state index in [1.807, 2.05) is 6.92 Å². The number of benzene rings is 1. The Labute approximate surface area is 143 Å². The predicted octanol–water partition coefficient (Wildman–Crippen LogP) is 4.29. The number of nitrogens with one attached hydrogen (secondary N) is 1. The first-order chi connectivity index (χ1) is 10.5. The van der Waals surface area contributed by atoms with E-state index < -0.39 is 0 Å². The zero-order valence-electron chi connectivity index (χ0n) is 12.2. The predicted molar refractivity (Wildman–Crippen MR) is 93.3 cm³/mol. The van der Waals surface area contributed by atoms with Gasteiger partial charge in [0.05, 0.1) is 15.7 Å². The van der Waals surface area contributed by atoms with Crippen LogP contribution in [0, 0.1) is 6.92 Å². The van der Waals surface area contributed by atoms with Crippen molar-refractivity contribution in [3.05, 3.63) is 44.4 Å². The summed E-state index contributed by atoms with van der Waals surface area (Å²) in [5.41, 5.74) is 6.90. The van der Waals surface area contributed by atoms with Gasteiger partial charge in [-0.05, 0) is 50.9 Å². The van der Waals surface area contributed by atoms with Gasteiger partial charge in [0, 0.05) is 10.4 Å². The number of unbranched alkanes of at least 4 members (excludes halogenated alkanes) is 1. The van der Waals surface area contributed by atoms with E-state index in [-0.39, 0.29) is 5.91 Å². The number of aryl methyl sites for hydroxylation is 2. The van der Waals surface area contributed by atoms with E-state index in [1.54, 1.807) is 18.2 Å². The van der Waals surface area contributed by atoms with Crippen LogP contribution >= 0.6 is 34.5 Å². The van der Waals surface area contributed by atoms with Crippen molar-refractivity contribution < 1.29 is 4.79 Å². The van der Waals surface area contributed by atoms with Crippen molar-refractivity contribution in [2.24, 2.45) is 5.73 Å². The number of anilines is 1. The number of hydrogen-bond acceptors (Lipinski definition) is 4. The first kappa shape index (κ1) is 17.2. The fourth-order valence-electron chi connectivity index (χ4n) is 1.95. The number of carbonyl (C=O) groups excluding carboxylic acids is 1. The Hall–Kier alpha value is -1.14. The van der Waals surface area contributed by atoms with Gasteiger partial charge in [0.15, 0.2) is 5.13 Å². The van der Waals surface area contributed by atoms with Gasteiger partial charge < -0.3 is 5.73 Å². The van der Waals surface area contributed by atoms with Gasteiger partial charge in [0.25, 0.3) is 5.91 Å². The summed E-state index contributed by atoms with van der Waals surface area (Å²) in [6.07, 6.45) is 2.95. The van der Waals surface area contributed by atoms with E-state index in [4.69, 9.17) is 28.9 Å². The number of hydrogen-bond donors (Lipinski definition) is 2. The van der Waals surface area contributed by atoms with Gasteiger partial charge >= 0.3 is 0 Å². The molecule has 0 bridgehead atoms. The molecule has 0 unspecified atom stereocenters. The van der Waals surface area contributed by atoms with Crippen molar-refractivity contribution in [2.45, 2.75) is 26.2 Å². The molecular weight excluding hydrogens is 341 g/mol. The molecule has 1 amide bonds. The van der Waals surface area contributed by atoms with Crippen molar-refractivity contribution in [1.29, 1.82) is 0 Å². The lowest BCUT2D eigenvalue weighted by Crippen LogP contribution is -2.11. The molecule has 0 atom stereocenters. The van der Waals surface area contributed by atoms with Gasteiger partial charge in [-0.2, -0.15) is 0 Å². The van der Waals surface area contributed by atoms with Gasteiger partial charge in [0.1, 0.15) is 0 Å². The number of nitrogens with zero attached hydrogens (tertiary/aromatic N) is 1. The quantitative estimate of drug-likeness (QED) is 0.757. The minimum absolute atomic E-state index is 0.249. The summed E-state index contributed by atoms with van der Waals surface area (Å²) in [6.45, 7) is 2.64. The molecule has 0 aliphatic heterocycles. The Kier molecular flexibility index (Phi) is 6.20. The number of rotatable bonds is 6. The molecule has 0 aliphatic carbocycles. The third kappa shape index (κ3) is 4.43. The standard InChI is InChI=1S/C15H17Cl2N3OS/c1-9-13(4-2-3-7-18)22-15(19-9)20-14(21)10-5-6-11(16)12(17)8-10/h5-6,8H,2-4,7,18H2,1H3,(H,19,20,21). The summed E-state index contributed by atoms with van der Waals surface area (Å²) in [5.74, 6) is -0.249. The molecule has 0 aliphatic rings. The Morgan fingerprint density at radius 2 is 2.09 bits per heavy atom. The molecule has 1 aromatic carbocycles. The number of thiazole rings is 1. The highest BCUT2D eigenvalue weighted by atomic mass is 35.5. The van der Waals surface area contributed by atoms with Crippen molar-refractivity contribution in [2.75, 3.05) is 11.9 Å². The number of halogens is 2. The molecule has 2 rings (SSSR count). The van der Waals surface area contributed by atoms with Crippen molar-refractivity contribution in [1.82, 2.24) is 4.98 Å². The highest BCUT2D eigenvalue weighted by Gasteiger charge is 2.12. The monoisotopic (exact) mass is 357 g/mol. The van der Waals surface area contributed by atoms with Crippen LogP contribution in [0.2, 0.25) is 10.0 Å². The van der Waals surface area contributed by atoms with E-state index >= 15 is 0 Å². The molecule has 0 fully saturated rings. The summed E-state index contributed by atoms with van der Waals surface area (Å²) in [5, 5.41) is 4.17. The lowest BCUT2D eigenvalue weighted by atomic mass is 10.2. The molecule has 7 heteroatoms. The molecule has 1 heterocycles.